The standard InChI is InChI=1S/C19H19BrN2/c1-14-12-15(7-8-18(14)20)13-21-11-9-17-5-2-4-16-6-3-10-22-19(16)17/h2-8,10,12,21H,9,11,13H2,1H3. The molecule has 112 valence electrons. The predicted octanol–water partition coefficient (Wildman–Crippen LogP) is 4.64. The summed E-state index contributed by atoms with van der Waals surface area (Å²) in [5.41, 5.74) is 5.01. The largest absolute Gasteiger partial charge is 0.312 e. The molecule has 0 bridgehead atoms. The molecule has 3 rings (SSSR count). The van der Waals surface area contributed by atoms with Crippen LogP contribution in [0, 0.1) is 6.92 Å². The maximum absolute atomic E-state index is 4.51. The Morgan fingerprint density at radius 2 is 1.95 bits per heavy atom. The third-order valence-electron chi connectivity index (χ3n) is 3.84. The van der Waals surface area contributed by atoms with Crippen molar-refractivity contribution in [3.05, 3.63) is 75.9 Å². The van der Waals surface area contributed by atoms with Crippen LogP contribution in [-0.2, 0) is 13.0 Å². The molecule has 0 aliphatic heterocycles. The van der Waals surface area contributed by atoms with E-state index in [9.17, 15) is 0 Å². The third kappa shape index (κ3) is 3.54. The molecule has 2 nitrogen and oxygen atoms in total. The number of aromatic nitrogens is 1. The normalized spacial score (nSPS) is 11.0. The van der Waals surface area contributed by atoms with Gasteiger partial charge in [0.2, 0.25) is 0 Å². The molecule has 3 aromatic rings. The van der Waals surface area contributed by atoms with Crippen LogP contribution in [-0.4, -0.2) is 11.5 Å². The predicted molar refractivity (Wildman–Crippen MR) is 96.0 cm³/mol. The number of pyridine rings is 1. The van der Waals surface area contributed by atoms with Gasteiger partial charge in [-0.15, -0.1) is 0 Å². The second-order valence-corrected chi connectivity index (χ2v) is 6.36. The van der Waals surface area contributed by atoms with Gasteiger partial charge in [-0.3, -0.25) is 4.98 Å². The molecule has 22 heavy (non-hydrogen) atoms. The van der Waals surface area contributed by atoms with E-state index in [2.05, 4.69) is 75.6 Å². The topological polar surface area (TPSA) is 24.9 Å². The highest BCUT2D eigenvalue weighted by Crippen LogP contribution is 2.17. The Morgan fingerprint density at radius 1 is 1.09 bits per heavy atom. The molecule has 0 unspecified atom stereocenters. The van der Waals surface area contributed by atoms with Crippen LogP contribution >= 0.6 is 15.9 Å². The van der Waals surface area contributed by atoms with Crippen molar-refractivity contribution >= 4 is 26.8 Å². The highest BCUT2D eigenvalue weighted by molar-refractivity contribution is 9.10. The smallest absolute Gasteiger partial charge is 0.0734 e. The Balaban J connectivity index is 1.59. The van der Waals surface area contributed by atoms with Crippen LogP contribution in [0.25, 0.3) is 10.9 Å². The van der Waals surface area contributed by atoms with Gasteiger partial charge in [0.05, 0.1) is 5.52 Å². The number of nitrogens with one attached hydrogen (secondary N) is 1. The van der Waals surface area contributed by atoms with Crippen LogP contribution in [0.15, 0.2) is 59.2 Å². The van der Waals surface area contributed by atoms with Crippen molar-refractivity contribution in [2.75, 3.05) is 6.54 Å². The van der Waals surface area contributed by atoms with E-state index in [-0.39, 0.29) is 0 Å². The number of halogens is 1. The number of nitrogens with zero attached hydrogens (tertiary/aromatic N) is 1. The fourth-order valence-corrected chi connectivity index (χ4v) is 2.89. The Labute approximate surface area is 139 Å². The first-order chi connectivity index (χ1) is 10.7. The van der Waals surface area contributed by atoms with Gasteiger partial charge in [0.25, 0.3) is 0 Å². The van der Waals surface area contributed by atoms with Crippen LogP contribution < -0.4 is 5.32 Å². The van der Waals surface area contributed by atoms with Crippen molar-refractivity contribution in [1.29, 1.82) is 0 Å². The zero-order valence-electron chi connectivity index (χ0n) is 12.6. The molecule has 0 atom stereocenters. The van der Waals surface area contributed by atoms with E-state index >= 15 is 0 Å². The van der Waals surface area contributed by atoms with E-state index in [4.69, 9.17) is 0 Å². The lowest BCUT2D eigenvalue weighted by atomic mass is 10.1. The molecule has 1 aromatic heterocycles. The lowest BCUT2D eigenvalue weighted by molar-refractivity contribution is 0.687. The van der Waals surface area contributed by atoms with Crippen LogP contribution in [0.4, 0.5) is 0 Å². The molecule has 0 fully saturated rings. The molecule has 1 N–H and O–H groups in total. The van der Waals surface area contributed by atoms with E-state index in [1.54, 1.807) is 0 Å². The molecule has 2 aromatic carbocycles. The highest BCUT2D eigenvalue weighted by atomic mass is 79.9. The zero-order chi connectivity index (χ0) is 15.4. The minimum absolute atomic E-state index is 0.895. The van der Waals surface area contributed by atoms with E-state index in [0.29, 0.717) is 0 Å². The van der Waals surface area contributed by atoms with Gasteiger partial charge in [-0.05, 0) is 48.7 Å². The zero-order valence-corrected chi connectivity index (χ0v) is 14.2. The molecule has 0 spiro atoms. The number of benzene rings is 2. The summed E-state index contributed by atoms with van der Waals surface area (Å²) in [6.45, 7) is 3.96. The minimum Gasteiger partial charge on any atom is -0.312 e. The number of fused-ring (bicyclic) bond motifs is 1. The van der Waals surface area contributed by atoms with Crippen LogP contribution in [0.3, 0.4) is 0 Å². The van der Waals surface area contributed by atoms with Crippen molar-refractivity contribution in [2.45, 2.75) is 19.9 Å². The number of aryl methyl sites for hydroxylation is 1. The summed E-state index contributed by atoms with van der Waals surface area (Å²) in [4.78, 5) is 4.51. The fraction of sp³-hybridized carbons (Fsp3) is 0.211. The molecule has 1 heterocycles. The second-order valence-electron chi connectivity index (χ2n) is 5.50. The Morgan fingerprint density at radius 3 is 2.82 bits per heavy atom. The molecule has 0 amide bonds. The average Bonchev–Trinajstić information content (AvgIpc) is 2.55. The fourth-order valence-electron chi connectivity index (χ4n) is 2.64. The summed E-state index contributed by atoms with van der Waals surface area (Å²) in [5, 5.41) is 4.73. The lowest BCUT2D eigenvalue weighted by Gasteiger charge is -2.08. The molecule has 0 saturated heterocycles. The lowest BCUT2D eigenvalue weighted by Crippen LogP contribution is -2.17. The van der Waals surface area contributed by atoms with Gasteiger partial charge < -0.3 is 5.32 Å². The van der Waals surface area contributed by atoms with Gasteiger partial charge in [-0.25, -0.2) is 0 Å². The summed E-state index contributed by atoms with van der Waals surface area (Å²) < 4.78 is 1.16. The summed E-state index contributed by atoms with van der Waals surface area (Å²) in [6, 6.07) is 17.0. The van der Waals surface area contributed by atoms with Crippen LogP contribution in [0.2, 0.25) is 0 Å². The van der Waals surface area contributed by atoms with Gasteiger partial charge >= 0.3 is 0 Å². The average molecular weight is 355 g/mol. The maximum Gasteiger partial charge on any atom is 0.0734 e. The van der Waals surface area contributed by atoms with Crippen molar-refractivity contribution in [3.63, 3.8) is 0 Å². The van der Waals surface area contributed by atoms with E-state index < -0.39 is 0 Å². The van der Waals surface area contributed by atoms with E-state index in [0.717, 1.165) is 29.5 Å². The molecule has 0 radical (unpaired) electrons. The van der Waals surface area contributed by atoms with Crippen LogP contribution in [0.1, 0.15) is 16.7 Å². The highest BCUT2D eigenvalue weighted by Gasteiger charge is 2.02. The first-order valence-electron chi connectivity index (χ1n) is 7.52. The summed E-state index contributed by atoms with van der Waals surface area (Å²) in [5.74, 6) is 0. The second kappa shape index (κ2) is 7.03. The van der Waals surface area contributed by atoms with Gasteiger partial charge in [0.1, 0.15) is 0 Å². The SMILES string of the molecule is Cc1cc(CNCCc2cccc3cccnc23)ccc1Br. The molecular formula is C19H19BrN2. The summed E-state index contributed by atoms with van der Waals surface area (Å²) in [7, 11) is 0. The third-order valence-corrected chi connectivity index (χ3v) is 4.73. The van der Waals surface area contributed by atoms with Gasteiger partial charge in [-0.2, -0.15) is 0 Å². The summed E-state index contributed by atoms with van der Waals surface area (Å²) in [6.07, 6.45) is 2.85. The first kappa shape index (κ1) is 15.2. The Hall–Kier alpha value is -1.71. The summed E-state index contributed by atoms with van der Waals surface area (Å²) >= 11 is 3.54. The maximum atomic E-state index is 4.51. The van der Waals surface area contributed by atoms with Gasteiger partial charge in [-0.1, -0.05) is 52.3 Å². The number of hydrogen-bond donors (Lipinski definition) is 1. The van der Waals surface area contributed by atoms with E-state index in [1.807, 2.05) is 12.3 Å². The van der Waals surface area contributed by atoms with Crippen molar-refractivity contribution in [2.24, 2.45) is 0 Å². The van der Waals surface area contributed by atoms with E-state index in [1.165, 1.54) is 22.1 Å². The van der Waals surface area contributed by atoms with Crippen molar-refractivity contribution < 1.29 is 0 Å². The van der Waals surface area contributed by atoms with Crippen LogP contribution in [0.5, 0.6) is 0 Å². The Kier molecular flexibility index (Phi) is 4.86. The molecule has 3 heteroatoms. The monoisotopic (exact) mass is 354 g/mol. The quantitative estimate of drug-likeness (QED) is 0.675. The van der Waals surface area contributed by atoms with Gasteiger partial charge in [0.15, 0.2) is 0 Å². The van der Waals surface area contributed by atoms with Gasteiger partial charge in [0, 0.05) is 22.6 Å². The number of para-hydroxylation sites is 1. The molecule has 0 saturated carbocycles. The molecule has 0 aliphatic carbocycles. The Bertz CT molecular complexity index is 778. The minimum atomic E-state index is 0.895. The van der Waals surface area contributed by atoms with Crippen molar-refractivity contribution in [3.8, 4) is 0 Å². The number of rotatable bonds is 5. The van der Waals surface area contributed by atoms with Crippen molar-refractivity contribution in [1.82, 2.24) is 10.3 Å². The molecular weight excluding hydrogens is 336 g/mol. The number of hydrogen-bond acceptors (Lipinski definition) is 2. The molecule has 0 aliphatic rings. The first-order valence-corrected chi connectivity index (χ1v) is 8.32.